The predicted octanol–water partition coefficient (Wildman–Crippen LogP) is 4.45. The van der Waals surface area contributed by atoms with Crippen molar-refractivity contribution in [2.75, 3.05) is 5.32 Å². The number of carbonyl (C=O) groups excluding carboxylic acids is 1. The number of alkyl halides is 2. The second-order valence-electron chi connectivity index (χ2n) is 5.94. The molecule has 0 saturated heterocycles. The number of amides is 1. The number of hydrogen-bond acceptors (Lipinski definition) is 3. The van der Waals surface area contributed by atoms with E-state index in [9.17, 15) is 13.6 Å². The van der Waals surface area contributed by atoms with Crippen molar-refractivity contribution >= 4 is 27.5 Å². The predicted molar refractivity (Wildman–Crippen MR) is 95.0 cm³/mol. The van der Waals surface area contributed by atoms with E-state index in [0.29, 0.717) is 6.54 Å². The molecular formula is C17H20BrF2N3O2. The fraction of sp³-hybridized carbons (Fsp3) is 0.412. The van der Waals surface area contributed by atoms with Crippen molar-refractivity contribution in [3.63, 3.8) is 0 Å². The van der Waals surface area contributed by atoms with Crippen molar-refractivity contribution in [2.45, 2.75) is 40.9 Å². The average molecular weight is 416 g/mol. The molecule has 1 heterocycles. The van der Waals surface area contributed by atoms with Gasteiger partial charge in [-0.3, -0.25) is 9.48 Å². The lowest BCUT2D eigenvalue weighted by Crippen LogP contribution is -2.25. The molecule has 1 amide bonds. The molecule has 2 rings (SSSR count). The SMILES string of the molecule is Cc1ccc(NC(=O)C(C)Cn2nc(C)c(Br)c2C)c(OC(F)F)c1. The Hall–Kier alpha value is -1.96. The van der Waals surface area contributed by atoms with Crippen LogP contribution in [-0.4, -0.2) is 22.3 Å². The molecule has 1 aromatic heterocycles. The zero-order chi connectivity index (χ0) is 18.7. The molecule has 0 bridgehead atoms. The van der Waals surface area contributed by atoms with E-state index in [1.165, 1.54) is 6.07 Å². The number of anilines is 1. The molecule has 1 N–H and O–H groups in total. The average Bonchev–Trinajstić information content (AvgIpc) is 2.76. The Kier molecular flexibility index (Phi) is 6.16. The first-order valence-electron chi connectivity index (χ1n) is 7.75. The number of benzene rings is 1. The third kappa shape index (κ3) is 4.78. The molecule has 0 radical (unpaired) electrons. The van der Waals surface area contributed by atoms with Crippen LogP contribution < -0.4 is 10.1 Å². The van der Waals surface area contributed by atoms with Gasteiger partial charge in [-0.25, -0.2) is 0 Å². The zero-order valence-corrected chi connectivity index (χ0v) is 16.0. The summed E-state index contributed by atoms with van der Waals surface area (Å²) in [6.07, 6.45) is 0. The highest BCUT2D eigenvalue weighted by atomic mass is 79.9. The van der Waals surface area contributed by atoms with E-state index in [0.717, 1.165) is 21.4 Å². The third-order valence-electron chi connectivity index (χ3n) is 3.80. The van der Waals surface area contributed by atoms with Gasteiger partial charge in [-0.1, -0.05) is 13.0 Å². The van der Waals surface area contributed by atoms with Crippen molar-refractivity contribution in [3.8, 4) is 5.75 Å². The van der Waals surface area contributed by atoms with Crippen LogP contribution in [-0.2, 0) is 11.3 Å². The molecule has 2 aromatic rings. The first kappa shape index (κ1) is 19.4. The maximum absolute atomic E-state index is 12.5. The lowest BCUT2D eigenvalue weighted by molar-refractivity contribution is -0.119. The molecule has 0 aliphatic heterocycles. The molecule has 25 heavy (non-hydrogen) atoms. The summed E-state index contributed by atoms with van der Waals surface area (Å²) in [5, 5.41) is 7.03. The Balaban J connectivity index is 2.12. The standard InChI is InChI=1S/C17H20BrF2N3O2/c1-9-5-6-13(14(7-9)25-17(19)20)21-16(24)10(2)8-23-12(4)15(18)11(3)22-23/h5-7,10,17H,8H2,1-4H3,(H,21,24). The van der Waals surface area contributed by atoms with E-state index in [-0.39, 0.29) is 17.3 Å². The Labute approximate surface area is 153 Å². The van der Waals surface area contributed by atoms with Crippen LogP contribution in [0.2, 0.25) is 0 Å². The van der Waals surface area contributed by atoms with Gasteiger partial charge in [0.25, 0.3) is 0 Å². The largest absolute Gasteiger partial charge is 0.433 e. The highest BCUT2D eigenvalue weighted by Gasteiger charge is 2.19. The minimum Gasteiger partial charge on any atom is -0.433 e. The van der Waals surface area contributed by atoms with Crippen LogP contribution in [0.4, 0.5) is 14.5 Å². The molecule has 1 atom stereocenters. The number of aryl methyl sites for hydroxylation is 2. The quantitative estimate of drug-likeness (QED) is 0.757. The molecular weight excluding hydrogens is 396 g/mol. The highest BCUT2D eigenvalue weighted by molar-refractivity contribution is 9.10. The minimum absolute atomic E-state index is 0.0515. The second-order valence-corrected chi connectivity index (χ2v) is 6.73. The van der Waals surface area contributed by atoms with Crippen LogP contribution in [0.3, 0.4) is 0 Å². The van der Waals surface area contributed by atoms with Gasteiger partial charge in [0, 0.05) is 5.69 Å². The summed E-state index contributed by atoms with van der Waals surface area (Å²) in [6, 6.07) is 4.73. The normalized spacial score (nSPS) is 12.3. The van der Waals surface area contributed by atoms with Gasteiger partial charge in [-0.15, -0.1) is 0 Å². The number of hydrogen-bond donors (Lipinski definition) is 1. The minimum atomic E-state index is -2.96. The molecule has 0 aliphatic rings. The number of halogens is 3. The van der Waals surface area contributed by atoms with Crippen LogP contribution in [0.5, 0.6) is 5.75 Å². The molecule has 0 spiro atoms. The molecule has 1 aromatic carbocycles. The summed E-state index contributed by atoms with van der Waals surface area (Å²) in [4.78, 5) is 12.4. The first-order chi connectivity index (χ1) is 11.7. The second kappa shape index (κ2) is 7.95. The Bertz CT molecular complexity index is 777. The molecule has 0 aliphatic carbocycles. The molecule has 5 nitrogen and oxygen atoms in total. The van der Waals surface area contributed by atoms with Crippen LogP contribution in [0.25, 0.3) is 0 Å². The number of nitrogens with zero attached hydrogens (tertiary/aromatic N) is 2. The molecule has 0 saturated carbocycles. The Morgan fingerprint density at radius 1 is 1.36 bits per heavy atom. The number of carbonyl (C=O) groups is 1. The maximum atomic E-state index is 12.5. The van der Waals surface area contributed by atoms with Crippen LogP contribution in [0.15, 0.2) is 22.7 Å². The summed E-state index contributed by atoms with van der Waals surface area (Å²) in [5.41, 5.74) is 2.75. The fourth-order valence-corrected chi connectivity index (χ4v) is 2.66. The van der Waals surface area contributed by atoms with Crippen molar-refractivity contribution in [1.82, 2.24) is 9.78 Å². The lowest BCUT2D eigenvalue weighted by atomic mass is 10.1. The van der Waals surface area contributed by atoms with E-state index < -0.39 is 12.5 Å². The lowest BCUT2D eigenvalue weighted by Gasteiger charge is -2.16. The summed E-state index contributed by atoms with van der Waals surface area (Å²) in [5.74, 6) is -0.762. The van der Waals surface area contributed by atoms with Crippen LogP contribution in [0.1, 0.15) is 23.9 Å². The van der Waals surface area contributed by atoms with Gasteiger partial charge in [0.05, 0.1) is 28.3 Å². The Morgan fingerprint density at radius 3 is 2.60 bits per heavy atom. The van der Waals surface area contributed by atoms with E-state index in [1.54, 1.807) is 30.7 Å². The first-order valence-corrected chi connectivity index (χ1v) is 8.54. The Morgan fingerprint density at radius 2 is 2.04 bits per heavy atom. The fourth-order valence-electron chi connectivity index (χ4n) is 2.38. The van der Waals surface area contributed by atoms with Gasteiger partial charge in [-0.2, -0.15) is 13.9 Å². The summed E-state index contributed by atoms with van der Waals surface area (Å²) in [7, 11) is 0. The van der Waals surface area contributed by atoms with Gasteiger partial charge in [-0.05, 0) is 54.4 Å². The number of ether oxygens (including phenoxy) is 1. The number of rotatable bonds is 6. The number of aromatic nitrogens is 2. The number of nitrogens with one attached hydrogen (secondary N) is 1. The van der Waals surface area contributed by atoms with Crippen molar-refractivity contribution < 1.29 is 18.3 Å². The van der Waals surface area contributed by atoms with Crippen LogP contribution >= 0.6 is 15.9 Å². The van der Waals surface area contributed by atoms with E-state index in [4.69, 9.17) is 0 Å². The van der Waals surface area contributed by atoms with E-state index >= 15 is 0 Å². The zero-order valence-electron chi connectivity index (χ0n) is 14.4. The molecule has 1 unspecified atom stereocenters. The highest BCUT2D eigenvalue weighted by Crippen LogP contribution is 2.28. The van der Waals surface area contributed by atoms with Gasteiger partial charge in [0.2, 0.25) is 5.91 Å². The molecule has 136 valence electrons. The third-order valence-corrected chi connectivity index (χ3v) is 4.95. The maximum Gasteiger partial charge on any atom is 0.387 e. The monoisotopic (exact) mass is 415 g/mol. The van der Waals surface area contributed by atoms with Gasteiger partial charge >= 0.3 is 6.61 Å². The van der Waals surface area contributed by atoms with E-state index in [1.807, 2.05) is 13.8 Å². The molecule has 0 fully saturated rings. The smallest absolute Gasteiger partial charge is 0.387 e. The summed E-state index contributed by atoms with van der Waals surface area (Å²) >= 11 is 3.45. The van der Waals surface area contributed by atoms with E-state index in [2.05, 4.69) is 31.1 Å². The van der Waals surface area contributed by atoms with Crippen LogP contribution in [0, 0.1) is 26.7 Å². The molecule has 8 heteroatoms. The van der Waals surface area contributed by atoms with Gasteiger partial charge in [0.1, 0.15) is 5.75 Å². The van der Waals surface area contributed by atoms with Crippen molar-refractivity contribution in [3.05, 3.63) is 39.6 Å². The van der Waals surface area contributed by atoms with Gasteiger partial charge in [0.15, 0.2) is 0 Å². The summed E-state index contributed by atoms with van der Waals surface area (Å²) in [6.45, 7) is 4.71. The van der Waals surface area contributed by atoms with Crippen molar-refractivity contribution in [1.29, 1.82) is 0 Å². The topological polar surface area (TPSA) is 56.2 Å². The van der Waals surface area contributed by atoms with Gasteiger partial charge < -0.3 is 10.1 Å². The summed E-state index contributed by atoms with van der Waals surface area (Å²) < 4.78 is 32.2. The van der Waals surface area contributed by atoms with Crippen molar-refractivity contribution in [2.24, 2.45) is 5.92 Å².